The third-order valence-electron chi connectivity index (χ3n) is 4.48. The lowest BCUT2D eigenvalue weighted by Gasteiger charge is -2.19. The summed E-state index contributed by atoms with van der Waals surface area (Å²) in [4.78, 5) is 4.91. The molecule has 0 amide bonds. The van der Waals surface area contributed by atoms with E-state index in [4.69, 9.17) is 0 Å². The van der Waals surface area contributed by atoms with E-state index in [0.29, 0.717) is 15.9 Å². The smallest absolute Gasteiger partial charge is 0.203 e. The van der Waals surface area contributed by atoms with Gasteiger partial charge in [0.05, 0.1) is 10.9 Å². The Hall–Kier alpha value is -3.03. The van der Waals surface area contributed by atoms with Gasteiger partial charge < -0.3 is 5.32 Å². The molecule has 0 aliphatic carbocycles. The first-order valence-electron chi connectivity index (χ1n) is 9.01. The molecule has 0 saturated carbocycles. The van der Waals surface area contributed by atoms with Crippen molar-refractivity contribution in [3.63, 3.8) is 0 Å². The zero-order chi connectivity index (χ0) is 20.3. The van der Waals surface area contributed by atoms with E-state index in [0.717, 1.165) is 16.7 Å². The van der Waals surface area contributed by atoms with Gasteiger partial charge in [-0.25, -0.2) is 8.42 Å². The van der Waals surface area contributed by atoms with E-state index >= 15 is 0 Å². The Morgan fingerprint density at radius 3 is 2.21 bits per heavy atom. The minimum Gasteiger partial charge on any atom is -0.349 e. The molecule has 4 aromatic rings. The molecule has 29 heavy (non-hydrogen) atoms. The van der Waals surface area contributed by atoms with Gasteiger partial charge in [0.1, 0.15) is 0 Å². The van der Waals surface area contributed by atoms with Crippen LogP contribution in [0.25, 0.3) is 11.4 Å². The number of sulfone groups is 1. The first kappa shape index (κ1) is 19.3. The second kappa shape index (κ2) is 8.14. The predicted octanol–water partition coefficient (Wildman–Crippen LogP) is 4.81. The SMILES string of the molecule is CS(=O)(=O)c1cccc(C(Nc2nc(-c3ccccc3)ns2)c2ccccc2)c1. The molecule has 0 spiro atoms. The topological polar surface area (TPSA) is 72.0 Å². The van der Waals surface area contributed by atoms with Gasteiger partial charge in [0, 0.05) is 23.4 Å². The van der Waals surface area contributed by atoms with Crippen molar-refractivity contribution in [2.24, 2.45) is 0 Å². The van der Waals surface area contributed by atoms with Crippen molar-refractivity contribution < 1.29 is 8.42 Å². The Bertz CT molecular complexity index is 1210. The standard InChI is InChI=1S/C22H19N3O2S2/c1-29(26,27)19-14-8-13-18(15-19)20(16-9-4-2-5-10-16)23-22-24-21(25-28-22)17-11-6-3-7-12-17/h2-15,20H,1H3,(H,23,24,25). The average Bonchev–Trinajstić information content (AvgIpc) is 3.22. The van der Waals surface area contributed by atoms with Gasteiger partial charge in [0.2, 0.25) is 5.13 Å². The lowest BCUT2D eigenvalue weighted by atomic mass is 9.99. The summed E-state index contributed by atoms with van der Waals surface area (Å²) in [5.74, 6) is 0.662. The van der Waals surface area contributed by atoms with E-state index in [-0.39, 0.29) is 6.04 Å². The monoisotopic (exact) mass is 421 g/mol. The second-order valence-corrected chi connectivity index (χ2v) is 9.39. The van der Waals surface area contributed by atoms with E-state index in [1.54, 1.807) is 18.2 Å². The number of rotatable bonds is 6. The summed E-state index contributed by atoms with van der Waals surface area (Å²) in [5.41, 5.74) is 2.80. The Kier molecular flexibility index (Phi) is 5.42. The Morgan fingerprint density at radius 2 is 1.52 bits per heavy atom. The van der Waals surface area contributed by atoms with Crippen LogP contribution in [-0.4, -0.2) is 24.0 Å². The molecule has 7 heteroatoms. The summed E-state index contributed by atoms with van der Waals surface area (Å²) in [5, 5.41) is 4.10. The van der Waals surface area contributed by atoms with Gasteiger partial charge in [-0.05, 0) is 23.3 Å². The Balaban J connectivity index is 1.71. The third-order valence-corrected chi connectivity index (χ3v) is 6.23. The maximum absolute atomic E-state index is 12.0. The van der Waals surface area contributed by atoms with E-state index in [2.05, 4.69) is 14.7 Å². The fourth-order valence-corrected chi connectivity index (χ4v) is 4.33. The van der Waals surface area contributed by atoms with Gasteiger partial charge in [-0.3, -0.25) is 0 Å². The fraction of sp³-hybridized carbons (Fsp3) is 0.0909. The number of hydrogen-bond acceptors (Lipinski definition) is 6. The molecule has 0 bridgehead atoms. The number of aromatic nitrogens is 2. The molecule has 1 unspecified atom stereocenters. The van der Waals surface area contributed by atoms with E-state index < -0.39 is 9.84 Å². The molecule has 0 aliphatic rings. The molecule has 4 rings (SSSR count). The second-order valence-electron chi connectivity index (χ2n) is 6.62. The summed E-state index contributed by atoms with van der Waals surface area (Å²) < 4.78 is 28.5. The first-order valence-corrected chi connectivity index (χ1v) is 11.7. The predicted molar refractivity (Wildman–Crippen MR) is 117 cm³/mol. The minimum absolute atomic E-state index is 0.255. The van der Waals surface area contributed by atoms with E-state index in [1.165, 1.54) is 17.8 Å². The quantitative estimate of drug-likeness (QED) is 0.484. The third kappa shape index (κ3) is 4.52. The molecule has 0 aliphatic heterocycles. The van der Waals surface area contributed by atoms with Crippen LogP contribution < -0.4 is 5.32 Å². The molecule has 0 saturated heterocycles. The molecule has 1 aromatic heterocycles. The molecule has 146 valence electrons. The molecule has 1 heterocycles. The van der Waals surface area contributed by atoms with Crippen LogP contribution in [0.5, 0.6) is 0 Å². The molecule has 0 radical (unpaired) electrons. The molecular formula is C22H19N3O2S2. The van der Waals surface area contributed by atoms with Crippen LogP contribution in [0, 0.1) is 0 Å². The van der Waals surface area contributed by atoms with Crippen molar-refractivity contribution in [1.82, 2.24) is 9.36 Å². The number of nitrogens with one attached hydrogen (secondary N) is 1. The summed E-state index contributed by atoms with van der Waals surface area (Å²) >= 11 is 1.28. The molecule has 1 N–H and O–H groups in total. The zero-order valence-electron chi connectivity index (χ0n) is 15.7. The van der Waals surface area contributed by atoms with Gasteiger partial charge >= 0.3 is 0 Å². The molecule has 3 aromatic carbocycles. The highest BCUT2D eigenvalue weighted by Crippen LogP contribution is 2.30. The van der Waals surface area contributed by atoms with Crippen LogP contribution in [0.4, 0.5) is 5.13 Å². The van der Waals surface area contributed by atoms with Crippen molar-refractivity contribution >= 4 is 26.5 Å². The number of benzene rings is 3. The van der Waals surface area contributed by atoms with Gasteiger partial charge in [-0.2, -0.15) is 9.36 Å². The molecule has 5 nitrogen and oxygen atoms in total. The van der Waals surface area contributed by atoms with E-state index in [1.807, 2.05) is 66.7 Å². The van der Waals surface area contributed by atoms with Crippen LogP contribution in [0.1, 0.15) is 17.2 Å². The highest BCUT2D eigenvalue weighted by molar-refractivity contribution is 7.90. The fourth-order valence-electron chi connectivity index (χ4n) is 3.04. The van der Waals surface area contributed by atoms with Crippen molar-refractivity contribution in [3.8, 4) is 11.4 Å². The zero-order valence-corrected chi connectivity index (χ0v) is 17.3. The van der Waals surface area contributed by atoms with Crippen LogP contribution in [0.2, 0.25) is 0 Å². The molecule has 1 atom stereocenters. The molecule has 0 fully saturated rings. The maximum atomic E-state index is 12.0. The summed E-state index contributed by atoms with van der Waals surface area (Å²) in [7, 11) is -3.30. The number of nitrogens with zero attached hydrogens (tertiary/aromatic N) is 2. The summed E-state index contributed by atoms with van der Waals surface area (Å²) in [6.45, 7) is 0. The molecular weight excluding hydrogens is 402 g/mol. The van der Waals surface area contributed by atoms with Crippen molar-refractivity contribution in [2.75, 3.05) is 11.6 Å². The highest BCUT2D eigenvalue weighted by atomic mass is 32.2. The van der Waals surface area contributed by atoms with Gasteiger partial charge in [0.15, 0.2) is 15.7 Å². The van der Waals surface area contributed by atoms with Crippen LogP contribution in [0.3, 0.4) is 0 Å². The summed E-state index contributed by atoms with van der Waals surface area (Å²) in [6, 6.07) is 26.4. The van der Waals surface area contributed by atoms with Crippen molar-refractivity contribution in [1.29, 1.82) is 0 Å². The van der Waals surface area contributed by atoms with Gasteiger partial charge in [0.25, 0.3) is 0 Å². The minimum atomic E-state index is -3.30. The van der Waals surface area contributed by atoms with Crippen LogP contribution >= 0.6 is 11.5 Å². The maximum Gasteiger partial charge on any atom is 0.203 e. The summed E-state index contributed by atoms with van der Waals surface area (Å²) in [6.07, 6.45) is 1.22. The normalized spacial score (nSPS) is 12.4. The lowest BCUT2D eigenvalue weighted by molar-refractivity contribution is 0.601. The van der Waals surface area contributed by atoms with Crippen LogP contribution in [0.15, 0.2) is 89.8 Å². The Morgan fingerprint density at radius 1 is 0.862 bits per heavy atom. The number of hydrogen-bond donors (Lipinski definition) is 1. The van der Waals surface area contributed by atoms with Gasteiger partial charge in [-0.1, -0.05) is 72.8 Å². The largest absolute Gasteiger partial charge is 0.349 e. The van der Waals surface area contributed by atoms with E-state index in [9.17, 15) is 8.42 Å². The van der Waals surface area contributed by atoms with Crippen molar-refractivity contribution in [2.45, 2.75) is 10.9 Å². The van der Waals surface area contributed by atoms with Crippen LogP contribution in [-0.2, 0) is 9.84 Å². The Labute approximate surface area is 174 Å². The number of anilines is 1. The lowest BCUT2D eigenvalue weighted by Crippen LogP contribution is -2.13. The average molecular weight is 422 g/mol. The first-order chi connectivity index (χ1) is 14.0. The van der Waals surface area contributed by atoms with Crippen molar-refractivity contribution in [3.05, 3.63) is 96.1 Å². The van der Waals surface area contributed by atoms with Gasteiger partial charge in [-0.15, -0.1) is 0 Å². The highest BCUT2D eigenvalue weighted by Gasteiger charge is 2.18.